The van der Waals surface area contributed by atoms with E-state index in [-0.39, 0.29) is 5.91 Å². The lowest BCUT2D eigenvalue weighted by Gasteiger charge is -2.34. The fourth-order valence-corrected chi connectivity index (χ4v) is 3.98. The van der Waals surface area contributed by atoms with Gasteiger partial charge < -0.3 is 9.42 Å². The first-order valence-corrected chi connectivity index (χ1v) is 9.62. The monoisotopic (exact) mass is 359 g/mol. The maximum atomic E-state index is 12.5. The molecule has 1 aromatic carbocycles. The Morgan fingerprint density at radius 3 is 2.56 bits per heavy atom. The molecule has 0 bridgehead atoms. The fourth-order valence-electron chi connectivity index (χ4n) is 3.07. The number of aryl methyl sites for hydroxylation is 3. The number of thioether (sulfide) groups is 1. The zero-order valence-corrected chi connectivity index (χ0v) is 15.9. The SMILES string of the molecule is Cc1ccc(SCC(=O)N2CCN(Cc3cc(C)on3)CC2)c(C)c1. The number of hydrogen-bond acceptors (Lipinski definition) is 5. The lowest BCUT2D eigenvalue weighted by Crippen LogP contribution is -2.48. The predicted molar refractivity (Wildman–Crippen MR) is 99.7 cm³/mol. The number of benzene rings is 1. The van der Waals surface area contributed by atoms with E-state index in [2.05, 4.69) is 42.1 Å². The molecule has 0 spiro atoms. The molecule has 1 aliphatic heterocycles. The van der Waals surface area contributed by atoms with E-state index >= 15 is 0 Å². The van der Waals surface area contributed by atoms with Crippen molar-refractivity contribution in [2.75, 3.05) is 31.9 Å². The van der Waals surface area contributed by atoms with Gasteiger partial charge in [-0.15, -0.1) is 11.8 Å². The number of carbonyl (C=O) groups excluding carboxylic acids is 1. The van der Waals surface area contributed by atoms with Gasteiger partial charge >= 0.3 is 0 Å². The van der Waals surface area contributed by atoms with E-state index in [0.29, 0.717) is 5.75 Å². The zero-order valence-electron chi connectivity index (χ0n) is 15.1. The highest BCUT2D eigenvalue weighted by atomic mass is 32.2. The Labute approximate surface area is 153 Å². The molecule has 2 aromatic rings. The second-order valence-electron chi connectivity index (χ2n) is 6.64. The highest BCUT2D eigenvalue weighted by Crippen LogP contribution is 2.23. The Kier molecular flexibility index (Phi) is 5.81. The van der Waals surface area contributed by atoms with Crippen molar-refractivity contribution in [1.82, 2.24) is 15.0 Å². The molecule has 5 nitrogen and oxygen atoms in total. The third-order valence-corrected chi connectivity index (χ3v) is 5.63. The average Bonchev–Trinajstić information content (AvgIpc) is 2.99. The minimum Gasteiger partial charge on any atom is -0.361 e. The fraction of sp³-hybridized carbons (Fsp3) is 0.474. The first-order valence-electron chi connectivity index (χ1n) is 8.63. The predicted octanol–water partition coefficient (Wildman–Crippen LogP) is 3.04. The summed E-state index contributed by atoms with van der Waals surface area (Å²) >= 11 is 1.64. The van der Waals surface area contributed by atoms with E-state index in [0.717, 1.165) is 44.2 Å². The van der Waals surface area contributed by atoms with Gasteiger partial charge in [-0.2, -0.15) is 0 Å². The number of carbonyl (C=O) groups is 1. The molecule has 0 radical (unpaired) electrons. The maximum Gasteiger partial charge on any atom is 0.233 e. The Hall–Kier alpha value is -1.79. The molecule has 0 saturated carbocycles. The number of piperazine rings is 1. The van der Waals surface area contributed by atoms with Gasteiger partial charge in [-0.25, -0.2) is 0 Å². The van der Waals surface area contributed by atoms with Gasteiger partial charge in [0, 0.05) is 43.7 Å². The number of hydrogen-bond donors (Lipinski definition) is 0. The molecular formula is C19H25N3O2S. The van der Waals surface area contributed by atoms with Gasteiger partial charge in [-0.1, -0.05) is 22.9 Å². The molecule has 134 valence electrons. The number of rotatable bonds is 5. The molecule has 0 atom stereocenters. The van der Waals surface area contributed by atoms with Crippen molar-refractivity contribution in [2.24, 2.45) is 0 Å². The number of aromatic nitrogens is 1. The minimum absolute atomic E-state index is 0.224. The molecule has 2 heterocycles. The summed E-state index contributed by atoms with van der Waals surface area (Å²) in [6.07, 6.45) is 0. The highest BCUT2D eigenvalue weighted by molar-refractivity contribution is 8.00. The largest absolute Gasteiger partial charge is 0.361 e. The Morgan fingerprint density at radius 2 is 1.92 bits per heavy atom. The number of amides is 1. The molecule has 1 fully saturated rings. The molecule has 0 unspecified atom stereocenters. The van der Waals surface area contributed by atoms with E-state index in [4.69, 9.17) is 4.52 Å². The lowest BCUT2D eigenvalue weighted by atomic mass is 10.2. The first kappa shape index (κ1) is 18.0. The van der Waals surface area contributed by atoms with Crippen LogP contribution < -0.4 is 0 Å². The standard InChI is InChI=1S/C19H25N3O2S/c1-14-4-5-18(15(2)10-14)25-13-19(23)22-8-6-21(7-9-22)12-17-11-16(3)24-20-17/h4-5,10-11H,6-9,12-13H2,1-3H3. The molecule has 1 aromatic heterocycles. The van der Waals surface area contributed by atoms with E-state index < -0.39 is 0 Å². The summed E-state index contributed by atoms with van der Waals surface area (Å²) in [5.74, 6) is 1.57. The van der Waals surface area contributed by atoms with Gasteiger partial charge in [0.05, 0.1) is 11.4 Å². The Bertz CT molecular complexity index is 736. The second-order valence-corrected chi connectivity index (χ2v) is 7.66. The van der Waals surface area contributed by atoms with Crippen molar-refractivity contribution in [3.63, 3.8) is 0 Å². The van der Waals surface area contributed by atoms with Crippen molar-refractivity contribution in [3.8, 4) is 0 Å². The third-order valence-electron chi connectivity index (χ3n) is 4.47. The number of nitrogens with zero attached hydrogens (tertiary/aromatic N) is 3. The van der Waals surface area contributed by atoms with Crippen LogP contribution in [-0.2, 0) is 11.3 Å². The smallest absolute Gasteiger partial charge is 0.233 e. The normalized spacial score (nSPS) is 15.6. The first-order chi connectivity index (χ1) is 12.0. The van der Waals surface area contributed by atoms with Crippen molar-refractivity contribution in [1.29, 1.82) is 0 Å². The summed E-state index contributed by atoms with van der Waals surface area (Å²) in [6.45, 7) is 10.2. The summed E-state index contributed by atoms with van der Waals surface area (Å²) in [6, 6.07) is 8.35. The molecule has 0 aliphatic carbocycles. The van der Waals surface area contributed by atoms with Crippen molar-refractivity contribution >= 4 is 17.7 Å². The molecule has 3 rings (SSSR count). The lowest BCUT2D eigenvalue weighted by molar-refractivity contribution is -0.130. The second kappa shape index (κ2) is 8.06. The van der Waals surface area contributed by atoms with Gasteiger partial charge in [0.25, 0.3) is 0 Å². The summed E-state index contributed by atoms with van der Waals surface area (Å²) in [4.78, 5) is 18.0. The van der Waals surface area contributed by atoms with Crippen LogP contribution in [0.15, 0.2) is 33.7 Å². The van der Waals surface area contributed by atoms with Gasteiger partial charge in [0.1, 0.15) is 5.76 Å². The van der Waals surface area contributed by atoms with Crippen LogP contribution in [0.3, 0.4) is 0 Å². The molecule has 1 saturated heterocycles. The molecular weight excluding hydrogens is 334 g/mol. The van der Waals surface area contributed by atoms with Crippen molar-refractivity contribution in [2.45, 2.75) is 32.2 Å². The van der Waals surface area contributed by atoms with Crippen LogP contribution in [0.25, 0.3) is 0 Å². The molecule has 0 N–H and O–H groups in total. The Morgan fingerprint density at radius 1 is 1.16 bits per heavy atom. The minimum atomic E-state index is 0.224. The summed E-state index contributed by atoms with van der Waals surface area (Å²) < 4.78 is 5.11. The molecule has 25 heavy (non-hydrogen) atoms. The van der Waals surface area contributed by atoms with Gasteiger partial charge in [0.15, 0.2) is 0 Å². The van der Waals surface area contributed by atoms with Crippen molar-refractivity contribution in [3.05, 3.63) is 46.8 Å². The van der Waals surface area contributed by atoms with Crippen LogP contribution in [0.1, 0.15) is 22.6 Å². The quantitative estimate of drug-likeness (QED) is 0.768. The third kappa shape index (κ3) is 4.86. The Balaban J connectivity index is 1.45. The van der Waals surface area contributed by atoms with E-state index in [1.807, 2.05) is 17.9 Å². The maximum absolute atomic E-state index is 12.5. The van der Waals surface area contributed by atoms with Crippen molar-refractivity contribution < 1.29 is 9.32 Å². The summed E-state index contributed by atoms with van der Waals surface area (Å²) in [5.41, 5.74) is 3.46. The van der Waals surface area contributed by atoms with Crippen LogP contribution in [0.2, 0.25) is 0 Å². The van der Waals surface area contributed by atoms with Crippen LogP contribution in [0.5, 0.6) is 0 Å². The van der Waals surface area contributed by atoms with E-state index in [1.54, 1.807) is 11.8 Å². The molecule has 6 heteroatoms. The summed E-state index contributed by atoms with van der Waals surface area (Å²) in [5, 5.41) is 4.04. The van der Waals surface area contributed by atoms with Crippen LogP contribution >= 0.6 is 11.8 Å². The highest BCUT2D eigenvalue weighted by Gasteiger charge is 2.22. The topological polar surface area (TPSA) is 49.6 Å². The average molecular weight is 359 g/mol. The van der Waals surface area contributed by atoms with Gasteiger partial charge in [0.2, 0.25) is 5.91 Å². The van der Waals surface area contributed by atoms with Crippen LogP contribution in [0.4, 0.5) is 0 Å². The van der Waals surface area contributed by atoms with Crippen LogP contribution in [-0.4, -0.2) is 52.8 Å². The van der Waals surface area contributed by atoms with E-state index in [1.165, 1.54) is 16.0 Å². The molecule has 1 amide bonds. The zero-order chi connectivity index (χ0) is 17.8. The van der Waals surface area contributed by atoms with Crippen LogP contribution in [0, 0.1) is 20.8 Å². The van der Waals surface area contributed by atoms with E-state index in [9.17, 15) is 4.79 Å². The molecule has 1 aliphatic rings. The summed E-state index contributed by atoms with van der Waals surface area (Å²) in [7, 11) is 0. The van der Waals surface area contributed by atoms with Gasteiger partial charge in [-0.05, 0) is 32.4 Å². The van der Waals surface area contributed by atoms with Gasteiger partial charge in [-0.3, -0.25) is 9.69 Å².